The minimum atomic E-state index is -4.51. The zero-order valence-corrected chi connectivity index (χ0v) is 10.5. The smallest absolute Gasteiger partial charge is 0.268 e. The van der Waals surface area contributed by atoms with Gasteiger partial charge < -0.3 is 0 Å². The summed E-state index contributed by atoms with van der Waals surface area (Å²) in [5.41, 5.74) is -1.47. The highest BCUT2D eigenvalue weighted by Gasteiger charge is 2.37. The van der Waals surface area contributed by atoms with Crippen LogP contribution in [0, 0.1) is 10.1 Å². The Balaban J connectivity index is 2.94. The number of sulfonamides is 2. The molecule has 102 valence electrons. The van der Waals surface area contributed by atoms with Gasteiger partial charge in [0.2, 0.25) is 10.0 Å². The third kappa shape index (κ3) is 2.05. The van der Waals surface area contributed by atoms with Crippen LogP contribution in [0.2, 0.25) is 0 Å². The summed E-state index contributed by atoms with van der Waals surface area (Å²) in [5.74, 6) is -1.07. The monoisotopic (exact) mass is 307 g/mol. The molecule has 1 aromatic rings. The normalized spacial score (nSPS) is 16.8. The predicted molar refractivity (Wildman–Crippen MR) is 59.1 cm³/mol. The van der Waals surface area contributed by atoms with Gasteiger partial charge >= 0.3 is 0 Å². The lowest BCUT2D eigenvalue weighted by atomic mass is 10.2. The van der Waals surface area contributed by atoms with E-state index in [2.05, 4.69) is 0 Å². The van der Waals surface area contributed by atoms with Gasteiger partial charge in [-0.2, -0.15) is 0 Å². The number of rotatable bonds is 2. The topological polar surface area (TPSA) is 167 Å². The van der Waals surface area contributed by atoms with Crippen molar-refractivity contribution in [2.45, 2.75) is 9.79 Å². The van der Waals surface area contributed by atoms with Crippen molar-refractivity contribution in [1.29, 1.82) is 0 Å². The Labute approximate surface area is 106 Å². The van der Waals surface area contributed by atoms with Gasteiger partial charge in [0, 0.05) is 6.07 Å². The van der Waals surface area contributed by atoms with Crippen molar-refractivity contribution in [1.82, 2.24) is 4.72 Å². The fraction of sp³-hybridized carbons (Fsp3) is 0. The highest BCUT2D eigenvalue weighted by atomic mass is 32.2. The van der Waals surface area contributed by atoms with Crippen molar-refractivity contribution in [2.75, 3.05) is 0 Å². The summed E-state index contributed by atoms with van der Waals surface area (Å²) in [5, 5.41) is 15.5. The summed E-state index contributed by atoms with van der Waals surface area (Å²) in [6, 6.07) is 1.06. The highest BCUT2D eigenvalue weighted by Crippen LogP contribution is 2.32. The number of benzene rings is 1. The van der Waals surface area contributed by atoms with Gasteiger partial charge in [-0.15, -0.1) is 0 Å². The van der Waals surface area contributed by atoms with E-state index in [4.69, 9.17) is 5.14 Å². The molecule has 19 heavy (non-hydrogen) atoms. The minimum Gasteiger partial charge on any atom is -0.268 e. The molecule has 1 aliphatic heterocycles. The number of carbonyl (C=O) groups excluding carboxylic acids is 1. The van der Waals surface area contributed by atoms with Crippen LogP contribution in [0.5, 0.6) is 0 Å². The molecule has 0 saturated carbocycles. The number of fused-ring (bicyclic) bond motifs is 1. The van der Waals surface area contributed by atoms with Crippen molar-refractivity contribution in [3.05, 3.63) is 27.8 Å². The van der Waals surface area contributed by atoms with Crippen molar-refractivity contribution in [2.24, 2.45) is 5.14 Å². The standard InChI is InChI=1S/C7H5N3O7S2/c8-18(14,15)6-2-5-3(1-4(6)10(12)13)7(11)9-19(5,16)17/h1-2H,(H,9,11)(H2,8,14,15). The number of nitrogens with zero attached hydrogens (tertiary/aromatic N) is 1. The summed E-state index contributed by atoms with van der Waals surface area (Å²) in [7, 11) is -8.74. The molecule has 2 rings (SSSR count). The van der Waals surface area contributed by atoms with Crippen LogP contribution in [-0.4, -0.2) is 27.7 Å². The van der Waals surface area contributed by atoms with Crippen molar-refractivity contribution >= 4 is 31.6 Å². The molecular formula is C7H5N3O7S2. The van der Waals surface area contributed by atoms with E-state index in [9.17, 15) is 31.7 Å². The first-order valence-electron chi connectivity index (χ1n) is 4.46. The number of primary sulfonamides is 1. The summed E-state index contributed by atoms with van der Waals surface area (Å²) in [6.45, 7) is 0. The third-order valence-corrected chi connectivity index (χ3v) is 4.64. The first-order chi connectivity index (χ1) is 8.54. The molecule has 12 heteroatoms. The average molecular weight is 307 g/mol. The number of carbonyl (C=O) groups is 1. The number of hydrogen-bond donors (Lipinski definition) is 2. The fourth-order valence-electron chi connectivity index (χ4n) is 1.55. The molecule has 1 aromatic carbocycles. The van der Waals surface area contributed by atoms with Crippen LogP contribution >= 0.6 is 0 Å². The summed E-state index contributed by atoms with van der Waals surface area (Å²) < 4.78 is 47.0. The van der Waals surface area contributed by atoms with Crippen molar-refractivity contribution < 1.29 is 26.6 Å². The second-order valence-corrected chi connectivity index (χ2v) is 6.73. The van der Waals surface area contributed by atoms with Gasteiger partial charge in [0.25, 0.3) is 21.6 Å². The molecule has 10 nitrogen and oxygen atoms in total. The number of nitrogens with one attached hydrogen (secondary N) is 1. The molecule has 0 atom stereocenters. The second kappa shape index (κ2) is 3.72. The Bertz CT molecular complexity index is 824. The largest absolute Gasteiger partial charge is 0.290 e. The second-order valence-electron chi connectivity index (χ2n) is 3.55. The van der Waals surface area contributed by atoms with Crippen LogP contribution in [0.3, 0.4) is 0 Å². The minimum absolute atomic E-state index is 0.496. The van der Waals surface area contributed by atoms with Gasteiger partial charge in [-0.05, 0) is 6.07 Å². The number of amides is 1. The molecule has 1 aliphatic rings. The fourth-order valence-corrected chi connectivity index (χ4v) is 3.51. The van der Waals surface area contributed by atoms with Crippen LogP contribution in [0.1, 0.15) is 10.4 Å². The zero-order chi connectivity index (χ0) is 14.6. The molecule has 0 radical (unpaired) electrons. The molecule has 0 spiro atoms. The number of nitro benzene ring substituents is 1. The molecule has 0 unspecified atom stereocenters. The molecule has 1 heterocycles. The van der Waals surface area contributed by atoms with Crippen LogP contribution in [0.15, 0.2) is 21.9 Å². The summed E-state index contributed by atoms with van der Waals surface area (Å²) in [6.07, 6.45) is 0. The Morgan fingerprint density at radius 1 is 1.32 bits per heavy atom. The summed E-state index contributed by atoms with van der Waals surface area (Å²) >= 11 is 0. The van der Waals surface area contributed by atoms with Crippen LogP contribution in [-0.2, 0) is 20.0 Å². The lowest BCUT2D eigenvalue weighted by molar-refractivity contribution is -0.387. The molecule has 3 N–H and O–H groups in total. The molecule has 0 aromatic heterocycles. The highest BCUT2D eigenvalue weighted by molar-refractivity contribution is 7.91. The maximum absolute atomic E-state index is 11.5. The molecule has 0 saturated heterocycles. The zero-order valence-electron chi connectivity index (χ0n) is 8.85. The maximum Gasteiger partial charge on any atom is 0.290 e. The van der Waals surface area contributed by atoms with Gasteiger partial charge in [0.05, 0.1) is 10.5 Å². The third-order valence-electron chi connectivity index (χ3n) is 2.33. The Morgan fingerprint density at radius 2 is 1.89 bits per heavy atom. The molecule has 1 amide bonds. The molecular weight excluding hydrogens is 302 g/mol. The summed E-state index contributed by atoms with van der Waals surface area (Å²) in [4.78, 5) is 19.4. The van der Waals surface area contributed by atoms with E-state index >= 15 is 0 Å². The van der Waals surface area contributed by atoms with E-state index in [0.29, 0.717) is 12.1 Å². The van der Waals surface area contributed by atoms with Gasteiger partial charge in [-0.1, -0.05) is 0 Å². The SMILES string of the molecule is NS(=O)(=O)c1cc2c(cc1[N+](=O)[O-])C(=O)NS2(=O)=O. The van der Waals surface area contributed by atoms with E-state index in [1.807, 2.05) is 0 Å². The van der Waals surface area contributed by atoms with Gasteiger partial charge in [-0.3, -0.25) is 14.9 Å². The van der Waals surface area contributed by atoms with E-state index < -0.39 is 51.9 Å². The maximum atomic E-state index is 11.5. The molecule has 0 fully saturated rings. The quantitative estimate of drug-likeness (QED) is 0.504. The van der Waals surface area contributed by atoms with Crippen LogP contribution < -0.4 is 9.86 Å². The number of nitrogens with two attached hydrogens (primary N) is 1. The van der Waals surface area contributed by atoms with E-state index in [1.165, 1.54) is 0 Å². The van der Waals surface area contributed by atoms with Gasteiger partial charge in [0.15, 0.2) is 4.90 Å². The van der Waals surface area contributed by atoms with Gasteiger partial charge in [-0.25, -0.2) is 26.7 Å². The lowest BCUT2D eigenvalue weighted by Crippen LogP contribution is -2.20. The number of nitro groups is 1. The van der Waals surface area contributed by atoms with Crippen molar-refractivity contribution in [3.8, 4) is 0 Å². The lowest BCUT2D eigenvalue weighted by Gasteiger charge is -2.02. The van der Waals surface area contributed by atoms with E-state index in [1.54, 1.807) is 4.72 Å². The predicted octanol–water partition coefficient (Wildman–Crippen LogP) is -1.33. The van der Waals surface area contributed by atoms with Crippen molar-refractivity contribution in [3.63, 3.8) is 0 Å². The first kappa shape index (κ1) is 13.4. The van der Waals surface area contributed by atoms with Gasteiger partial charge in [0.1, 0.15) is 4.90 Å². The van der Waals surface area contributed by atoms with E-state index in [-0.39, 0.29) is 0 Å². The Hall–Kier alpha value is -2.05. The molecule has 0 bridgehead atoms. The molecule has 0 aliphatic carbocycles. The Kier molecular flexibility index (Phi) is 2.62. The average Bonchev–Trinajstić information content (AvgIpc) is 2.46. The van der Waals surface area contributed by atoms with Crippen LogP contribution in [0.25, 0.3) is 0 Å². The van der Waals surface area contributed by atoms with Crippen LogP contribution in [0.4, 0.5) is 5.69 Å². The van der Waals surface area contributed by atoms with E-state index in [0.717, 1.165) is 0 Å². The Morgan fingerprint density at radius 3 is 2.37 bits per heavy atom. The first-order valence-corrected chi connectivity index (χ1v) is 7.49. The number of hydrogen-bond acceptors (Lipinski definition) is 7.